The fraction of sp³-hybridized carbons (Fsp3) is 0.200. The SMILES string of the molecule is COc1ccc(Br)c(C(O)c2ccc(C)c(Cl)c2)c1. The Morgan fingerprint density at radius 2 is 1.95 bits per heavy atom. The Labute approximate surface area is 126 Å². The third-order valence-corrected chi connectivity index (χ3v) is 4.14. The summed E-state index contributed by atoms with van der Waals surface area (Å²) < 4.78 is 6.01. The maximum atomic E-state index is 10.5. The van der Waals surface area contributed by atoms with Gasteiger partial charge in [-0.3, -0.25) is 0 Å². The average molecular weight is 342 g/mol. The predicted molar refractivity (Wildman–Crippen MR) is 80.9 cm³/mol. The molecule has 2 aromatic rings. The predicted octanol–water partition coefficient (Wildman–Crippen LogP) is 4.50. The molecule has 1 atom stereocenters. The fourth-order valence-corrected chi connectivity index (χ4v) is 2.47. The Bertz CT molecular complexity index is 599. The number of aliphatic hydroxyl groups excluding tert-OH is 1. The molecule has 2 aromatic carbocycles. The molecule has 0 saturated heterocycles. The number of rotatable bonds is 3. The van der Waals surface area contributed by atoms with Crippen molar-refractivity contribution < 1.29 is 9.84 Å². The van der Waals surface area contributed by atoms with Crippen LogP contribution in [-0.4, -0.2) is 12.2 Å². The van der Waals surface area contributed by atoms with Crippen molar-refractivity contribution in [2.75, 3.05) is 7.11 Å². The van der Waals surface area contributed by atoms with E-state index in [1.807, 2.05) is 37.3 Å². The molecule has 0 aliphatic heterocycles. The van der Waals surface area contributed by atoms with Crippen LogP contribution in [0, 0.1) is 6.92 Å². The number of benzene rings is 2. The van der Waals surface area contributed by atoms with Gasteiger partial charge in [-0.15, -0.1) is 0 Å². The molecule has 100 valence electrons. The second-order valence-corrected chi connectivity index (χ2v) is 5.56. The van der Waals surface area contributed by atoms with Crippen molar-refractivity contribution in [1.29, 1.82) is 0 Å². The van der Waals surface area contributed by atoms with E-state index >= 15 is 0 Å². The van der Waals surface area contributed by atoms with Crippen LogP contribution in [0.3, 0.4) is 0 Å². The van der Waals surface area contributed by atoms with E-state index in [4.69, 9.17) is 16.3 Å². The minimum Gasteiger partial charge on any atom is -0.497 e. The standard InChI is InChI=1S/C15H14BrClO2/c1-9-3-4-10(7-14(9)17)15(18)12-8-11(19-2)5-6-13(12)16/h3-8,15,18H,1-2H3. The zero-order chi connectivity index (χ0) is 14.0. The molecule has 0 saturated carbocycles. The molecular weight excluding hydrogens is 328 g/mol. The van der Waals surface area contributed by atoms with Gasteiger partial charge in [0.25, 0.3) is 0 Å². The molecule has 0 fully saturated rings. The van der Waals surface area contributed by atoms with Crippen molar-refractivity contribution in [3.63, 3.8) is 0 Å². The van der Waals surface area contributed by atoms with E-state index in [1.165, 1.54) is 0 Å². The fourth-order valence-electron chi connectivity index (χ4n) is 1.82. The van der Waals surface area contributed by atoms with Gasteiger partial charge in [0.05, 0.1) is 7.11 Å². The molecule has 19 heavy (non-hydrogen) atoms. The van der Waals surface area contributed by atoms with Crippen molar-refractivity contribution in [3.8, 4) is 5.75 Å². The van der Waals surface area contributed by atoms with E-state index in [0.717, 1.165) is 21.2 Å². The first kappa shape index (κ1) is 14.4. The first-order valence-electron chi connectivity index (χ1n) is 5.80. The third kappa shape index (κ3) is 3.11. The highest BCUT2D eigenvalue weighted by atomic mass is 79.9. The normalized spacial score (nSPS) is 12.3. The van der Waals surface area contributed by atoms with Gasteiger partial charge in [-0.05, 0) is 42.3 Å². The van der Waals surface area contributed by atoms with E-state index in [9.17, 15) is 5.11 Å². The second-order valence-electron chi connectivity index (χ2n) is 4.30. The summed E-state index contributed by atoms with van der Waals surface area (Å²) in [6.45, 7) is 1.93. The number of methoxy groups -OCH3 is 1. The maximum absolute atomic E-state index is 10.5. The Kier molecular flexibility index (Phi) is 4.50. The van der Waals surface area contributed by atoms with Crippen LogP contribution in [0.1, 0.15) is 22.8 Å². The summed E-state index contributed by atoms with van der Waals surface area (Å²) >= 11 is 9.54. The van der Waals surface area contributed by atoms with Gasteiger partial charge in [0.1, 0.15) is 11.9 Å². The molecule has 0 aliphatic carbocycles. The van der Waals surface area contributed by atoms with E-state index in [2.05, 4.69) is 15.9 Å². The van der Waals surface area contributed by atoms with Gasteiger partial charge < -0.3 is 9.84 Å². The van der Waals surface area contributed by atoms with Crippen LogP contribution < -0.4 is 4.74 Å². The van der Waals surface area contributed by atoms with Gasteiger partial charge >= 0.3 is 0 Å². The molecule has 0 aliphatic rings. The average Bonchev–Trinajstić information content (AvgIpc) is 2.41. The summed E-state index contributed by atoms with van der Waals surface area (Å²) in [6, 6.07) is 11.1. The van der Waals surface area contributed by atoms with Crippen LogP contribution in [-0.2, 0) is 0 Å². The lowest BCUT2D eigenvalue weighted by Crippen LogP contribution is -2.01. The van der Waals surface area contributed by atoms with Gasteiger partial charge in [-0.1, -0.05) is 39.7 Å². The van der Waals surface area contributed by atoms with Crippen molar-refractivity contribution in [1.82, 2.24) is 0 Å². The lowest BCUT2D eigenvalue weighted by Gasteiger charge is -2.15. The van der Waals surface area contributed by atoms with Gasteiger partial charge in [0.2, 0.25) is 0 Å². The Morgan fingerprint density at radius 3 is 2.58 bits per heavy atom. The zero-order valence-electron chi connectivity index (χ0n) is 10.7. The van der Waals surface area contributed by atoms with E-state index in [0.29, 0.717) is 10.8 Å². The third-order valence-electron chi connectivity index (χ3n) is 3.01. The molecular formula is C15H14BrClO2. The number of aryl methyl sites for hydroxylation is 1. The van der Waals surface area contributed by atoms with Crippen LogP contribution in [0.4, 0.5) is 0 Å². The van der Waals surface area contributed by atoms with Crippen LogP contribution in [0.5, 0.6) is 5.75 Å². The summed E-state index contributed by atoms with van der Waals surface area (Å²) in [6.07, 6.45) is -0.748. The highest BCUT2D eigenvalue weighted by Crippen LogP contribution is 2.33. The number of hydrogen-bond acceptors (Lipinski definition) is 2. The molecule has 1 N–H and O–H groups in total. The van der Waals surface area contributed by atoms with Crippen LogP contribution >= 0.6 is 27.5 Å². The largest absolute Gasteiger partial charge is 0.497 e. The molecule has 0 bridgehead atoms. The molecule has 2 nitrogen and oxygen atoms in total. The molecule has 0 amide bonds. The van der Waals surface area contributed by atoms with Crippen molar-refractivity contribution in [3.05, 3.63) is 62.6 Å². The molecule has 0 spiro atoms. The van der Waals surface area contributed by atoms with Crippen molar-refractivity contribution in [2.24, 2.45) is 0 Å². The molecule has 2 rings (SSSR count). The number of hydrogen-bond donors (Lipinski definition) is 1. The van der Waals surface area contributed by atoms with E-state index in [1.54, 1.807) is 13.2 Å². The lowest BCUT2D eigenvalue weighted by atomic mass is 10.0. The maximum Gasteiger partial charge on any atom is 0.119 e. The van der Waals surface area contributed by atoms with Crippen LogP contribution in [0.25, 0.3) is 0 Å². The summed E-state index contributed by atoms with van der Waals surface area (Å²) in [5, 5.41) is 11.1. The van der Waals surface area contributed by atoms with E-state index < -0.39 is 6.10 Å². The topological polar surface area (TPSA) is 29.5 Å². The molecule has 4 heteroatoms. The minimum absolute atomic E-state index is 0.649. The van der Waals surface area contributed by atoms with Gasteiger partial charge in [-0.2, -0.15) is 0 Å². The monoisotopic (exact) mass is 340 g/mol. The van der Waals surface area contributed by atoms with Gasteiger partial charge in [-0.25, -0.2) is 0 Å². The Hall–Kier alpha value is -1.03. The Balaban J connectivity index is 2.42. The molecule has 1 unspecified atom stereocenters. The first-order valence-corrected chi connectivity index (χ1v) is 6.97. The summed E-state index contributed by atoms with van der Waals surface area (Å²) in [5.74, 6) is 0.704. The Morgan fingerprint density at radius 1 is 1.21 bits per heavy atom. The van der Waals surface area contributed by atoms with Crippen molar-refractivity contribution >= 4 is 27.5 Å². The van der Waals surface area contributed by atoms with Crippen molar-refractivity contribution in [2.45, 2.75) is 13.0 Å². The van der Waals surface area contributed by atoms with Crippen LogP contribution in [0.15, 0.2) is 40.9 Å². The van der Waals surface area contributed by atoms with Gasteiger partial charge in [0.15, 0.2) is 0 Å². The number of aliphatic hydroxyl groups is 1. The lowest BCUT2D eigenvalue weighted by molar-refractivity contribution is 0.219. The summed E-state index contributed by atoms with van der Waals surface area (Å²) in [4.78, 5) is 0. The number of halogens is 2. The highest BCUT2D eigenvalue weighted by Gasteiger charge is 2.15. The van der Waals surface area contributed by atoms with Crippen LogP contribution in [0.2, 0.25) is 5.02 Å². The molecule has 0 aromatic heterocycles. The minimum atomic E-state index is -0.748. The summed E-state index contributed by atoms with van der Waals surface area (Å²) in [5.41, 5.74) is 2.49. The quantitative estimate of drug-likeness (QED) is 0.890. The molecule has 0 heterocycles. The smallest absolute Gasteiger partial charge is 0.119 e. The van der Waals surface area contributed by atoms with E-state index in [-0.39, 0.29) is 0 Å². The second kappa shape index (κ2) is 5.95. The molecule has 0 radical (unpaired) electrons. The van der Waals surface area contributed by atoms with Gasteiger partial charge in [0, 0.05) is 15.1 Å². The first-order chi connectivity index (χ1) is 9.02. The highest BCUT2D eigenvalue weighted by molar-refractivity contribution is 9.10. The summed E-state index contributed by atoms with van der Waals surface area (Å²) in [7, 11) is 1.60. The zero-order valence-corrected chi connectivity index (χ0v) is 13.0. The number of ether oxygens (including phenoxy) is 1.